The number of carbonyl (C=O) groups excluding carboxylic acids is 1. The number of nitrogens with one attached hydrogen (secondary N) is 1. The van der Waals surface area contributed by atoms with Crippen LogP contribution in [0.25, 0.3) is 11.0 Å². The van der Waals surface area contributed by atoms with Gasteiger partial charge in [0.05, 0.1) is 11.0 Å². The maximum Gasteiger partial charge on any atom is 0.267 e. The molecule has 3 heterocycles. The van der Waals surface area contributed by atoms with Crippen molar-refractivity contribution >= 4 is 22.9 Å². The van der Waals surface area contributed by atoms with Crippen LogP contribution in [0.2, 0.25) is 0 Å². The van der Waals surface area contributed by atoms with Crippen LogP contribution in [0.15, 0.2) is 48.5 Å². The van der Waals surface area contributed by atoms with E-state index in [1.807, 2.05) is 53.4 Å². The summed E-state index contributed by atoms with van der Waals surface area (Å²) in [7, 11) is 0. The summed E-state index contributed by atoms with van der Waals surface area (Å²) < 4.78 is 11.6. The average molecular weight is 378 g/mol. The number of hydrogen-bond acceptors (Lipinski definition) is 5. The molecule has 0 aliphatic carbocycles. The van der Waals surface area contributed by atoms with Gasteiger partial charge in [-0.15, -0.1) is 0 Å². The molecule has 1 atom stereocenters. The van der Waals surface area contributed by atoms with Gasteiger partial charge < -0.3 is 24.3 Å². The van der Waals surface area contributed by atoms with Crippen molar-refractivity contribution in [1.82, 2.24) is 14.9 Å². The fourth-order valence-electron chi connectivity index (χ4n) is 3.78. The van der Waals surface area contributed by atoms with Gasteiger partial charge in [-0.2, -0.15) is 0 Å². The van der Waals surface area contributed by atoms with Crippen molar-refractivity contribution in [2.75, 3.05) is 37.7 Å². The van der Waals surface area contributed by atoms with Crippen LogP contribution in [0.1, 0.15) is 6.42 Å². The molecule has 5 rings (SSSR count). The number of imidazole rings is 1. The van der Waals surface area contributed by atoms with Crippen molar-refractivity contribution in [1.29, 1.82) is 0 Å². The molecule has 0 bridgehead atoms. The number of amides is 1. The number of nitrogens with zero attached hydrogens (tertiary/aromatic N) is 3. The van der Waals surface area contributed by atoms with Crippen molar-refractivity contribution in [3.05, 3.63) is 48.5 Å². The van der Waals surface area contributed by atoms with Gasteiger partial charge in [-0.25, -0.2) is 4.98 Å². The standard InChI is InChI=1S/C21H22N4O3/c26-20(19-14-27-17-8-3-4-9-18(17)28-19)24-10-5-11-25(13-12-24)21-22-15-6-1-2-7-16(15)23-21/h1-4,6-9,19H,5,10-14H2,(H,22,23). The molecule has 1 N–H and O–H groups in total. The van der Waals surface area contributed by atoms with Gasteiger partial charge in [0.15, 0.2) is 11.5 Å². The van der Waals surface area contributed by atoms with Gasteiger partial charge in [0.1, 0.15) is 6.61 Å². The third kappa shape index (κ3) is 3.13. The van der Waals surface area contributed by atoms with E-state index in [4.69, 9.17) is 9.47 Å². The van der Waals surface area contributed by atoms with E-state index in [1.54, 1.807) is 0 Å². The summed E-state index contributed by atoms with van der Waals surface area (Å²) >= 11 is 0. The summed E-state index contributed by atoms with van der Waals surface area (Å²) in [5, 5.41) is 0. The van der Waals surface area contributed by atoms with Gasteiger partial charge in [-0.05, 0) is 30.7 Å². The molecule has 3 aromatic rings. The van der Waals surface area contributed by atoms with Crippen LogP contribution < -0.4 is 14.4 Å². The number of ether oxygens (including phenoxy) is 2. The number of carbonyl (C=O) groups is 1. The van der Waals surface area contributed by atoms with E-state index >= 15 is 0 Å². The fourth-order valence-corrected chi connectivity index (χ4v) is 3.78. The van der Waals surface area contributed by atoms with E-state index in [1.165, 1.54) is 0 Å². The molecular formula is C21H22N4O3. The minimum absolute atomic E-state index is 0.0130. The SMILES string of the molecule is O=C(C1COc2ccccc2O1)N1CCCN(c2nc3ccccc3[nH]2)CC1. The normalized spacial score (nSPS) is 19.5. The summed E-state index contributed by atoms with van der Waals surface area (Å²) in [6.45, 7) is 3.18. The minimum Gasteiger partial charge on any atom is -0.485 e. The Morgan fingerprint density at radius 2 is 1.82 bits per heavy atom. The van der Waals surface area contributed by atoms with Crippen LogP contribution in [0, 0.1) is 0 Å². The van der Waals surface area contributed by atoms with Crippen molar-refractivity contribution in [3.63, 3.8) is 0 Å². The first-order valence-corrected chi connectivity index (χ1v) is 9.65. The largest absolute Gasteiger partial charge is 0.485 e. The number of rotatable bonds is 2. The van der Waals surface area contributed by atoms with Gasteiger partial charge in [-0.3, -0.25) is 4.79 Å². The molecule has 7 heteroatoms. The molecule has 144 valence electrons. The van der Waals surface area contributed by atoms with Crippen molar-refractivity contribution in [2.24, 2.45) is 0 Å². The fraction of sp³-hybridized carbons (Fsp3) is 0.333. The highest BCUT2D eigenvalue weighted by atomic mass is 16.6. The molecule has 1 amide bonds. The quantitative estimate of drug-likeness (QED) is 0.742. The predicted octanol–water partition coefficient (Wildman–Crippen LogP) is 2.44. The van der Waals surface area contributed by atoms with Crippen LogP contribution in [0.3, 0.4) is 0 Å². The zero-order valence-electron chi connectivity index (χ0n) is 15.5. The summed E-state index contributed by atoms with van der Waals surface area (Å²) in [6.07, 6.45) is 0.292. The monoisotopic (exact) mass is 378 g/mol. The zero-order valence-corrected chi connectivity index (χ0v) is 15.5. The third-order valence-corrected chi connectivity index (χ3v) is 5.27. The highest BCUT2D eigenvalue weighted by Crippen LogP contribution is 2.31. The number of hydrogen-bond donors (Lipinski definition) is 1. The second kappa shape index (κ2) is 7.07. The maximum atomic E-state index is 13.0. The Hall–Kier alpha value is -3.22. The Kier molecular flexibility index (Phi) is 4.27. The number of para-hydroxylation sites is 4. The van der Waals surface area contributed by atoms with Crippen LogP contribution in [-0.2, 0) is 4.79 Å². The third-order valence-electron chi connectivity index (χ3n) is 5.27. The van der Waals surface area contributed by atoms with Gasteiger partial charge in [-0.1, -0.05) is 24.3 Å². The number of benzene rings is 2. The minimum atomic E-state index is -0.590. The van der Waals surface area contributed by atoms with Crippen LogP contribution >= 0.6 is 0 Å². The zero-order chi connectivity index (χ0) is 18.9. The predicted molar refractivity (Wildman–Crippen MR) is 106 cm³/mol. The molecule has 28 heavy (non-hydrogen) atoms. The highest BCUT2D eigenvalue weighted by Gasteiger charge is 2.32. The Bertz CT molecular complexity index is 969. The summed E-state index contributed by atoms with van der Waals surface area (Å²) in [4.78, 5) is 25.1. The first-order chi connectivity index (χ1) is 13.8. The Morgan fingerprint density at radius 1 is 1.00 bits per heavy atom. The number of aromatic amines is 1. The summed E-state index contributed by atoms with van der Waals surface area (Å²) in [6, 6.07) is 15.5. The highest BCUT2D eigenvalue weighted by molar-refractivity contribution is 5.82. The van der Waals surface area contributed by atoms with E-state index in [0.717, 1.165) is 36.5 Å². The van der Waals surface area contributed by atoms with Crippen LogP contribution in [0.5, 0.6) is 11.5 Å². The maximum absolute atomic E-state index is 13.0. The molecule has 0 spiro atoms. The molecule has 1 saturated heterocycles. The number of H-pyrrole nitrogens is 1. The van der Waals surface area contributed by atoms with Crippen molar-refractivity contribution < 1.29 is 14.3 Å². The van der Waals surface area contributed by atoms with Gasteiger partial charge >= 0.3 is 0 Å². The summed E-state index contributed by atoms with van der Waals surface area (Å²) in [5.41, 5.74) is 1.99. The smallest absolute Gasteiger partial charge is 0.267 e. The first kappa shape index (κ1) is 16.9. The summed E-state index contributed by atoms with van der Waals surface area (Å²) in [5.74, 6) is 2.17. The number of aromatic nitrogens is 2. The molecular weight excluding hydrogens is 356 g/mol. The lowest BCUT2D eigenvalue weighted by Crippen LogP contribution is -2.47. The molecule has 0 radical (unpaired) electrons. The van der Waals surface area contributed by atoms with Gasteiger partial charge in [0.2, 0.25) is 12.1 Å². The van der Waals surface area contributed by atoms with Crippen LogP contribution in [0.4, 0.5) is 5.95 Å². The molecule has 1 unspecified atom stereocenters. The molecule has 2 aliphatic heterocycles. The van der Waals surface area contributed by atoms with E-state index in [9.17, 15) is 4.79 Å². The number of fused-ring (bicyclic) bond motifs is 2. The van der Waals surface area contributed by atoms with Crippen LogP contribution in [-0.4, -0.2) is 59.7 Å². The average Bonchev–Trinajstić information content (AvgIpc) is 3.02. The molecule has 2 aromatic carbocycles. The Morgan fingerprint density at radius 3 is 2.71 bits per heavy atom. The molecule has 1 aromatic heterocycles. The Balaban J connectivity index is 1.26. The van der Waals surface area contributed by atoms with Crippen molar-refractivity contribution in [2.45, 2.75) is 12.5 Å². The second-order valence-electron chi connectivity index (χ2n) is 7.11. The molecule has 7 nitrogen and oxygen atoms in total. The Labute approximate surface area is 162 Å². The lowest BCUT2D eigenvalue weighted by atomic mass is 10.2. The first-order valence-electron chi connectivity index (χ1n) is 9.65. The topological polar surface area (TPSA) is 70.7 Å². The van der Waals surface area contributed by atoms with E-state index in [2.05, 4.69) is 14.9 Å². The van der Waals surface area contributed by atoms with E-state index in [0.29, 0.717) is 24.6 Å². The van der Waals surface area contributed by atoms with E-state index < -0.39 is 6.10 Å². The molecule has 1 fully saturated rings. The molecule has 2 aliphatic rings. The van der Waals surface area contributed by atoms with Gasteiger partial charge in [0, 0.05) is 26.2 Å². The van der Waals surface area contributed by atoms with E-state index in [-0.39, 0.29) is 12.5 Å². The lowest BCUT2D eigenvalue weighted by molar-refractivity contribution is -0.141. The van der Waals surface area contributed by atoms with Gasteiger partial charge in [0.25, 0.3) is 5.91 Å². The molecule has 0 saturated carbocycles. The van der Waals surface area contributed by atoms with Crippen molar-refractivity contribution in [3.8, 4) is 11.5 Å². The number of anilines is 1. The lowest BCUT2D eigenvalue weighted by Gasteiger charge is -2.30. The second-order valence-corrected chi connectivity index (χ2v) is 7.11.